The van der Waals surface area contributed by atoms with Crippen LogP contribution in [0, 0.1) is 6.92 Å². The van der Waals surface area contributed by atoms with E-state index in [2.05, 4.69) is 27.5 Å². The molecule has 0 aliphatic carbocycles. The zero-order valence-corrected chi connectivity index (χ0v) is 13.4. The van der Waals surface area contributed by atoms with Gasteiger partial charge in [0.1, 0.15) is 0 Å². The Morgan fingerprint density at radius 1 is 1.27 bits per heavy atom. The van der Waals surface area contributed by atoms with Crippen LogP contribution in [0.4, 0.5) is 11.6 Å². The molecule has 1 heterocycles. The fourth-order valence-corrected chi connectivity index (χ4v) is 2.10. The predicted octanol–water partition coefficient (Wildman–Crippen LogP) is 3.90. The van der Waals surface area contributed by atoms with Crippen LogP contribution >= 0.6 is 11.6 Å². The molecule has 0 spiro atoms. The second-order valence-electron chi connectivity index (χ2n) is 4.99. The molecule has 0 radical (unpaired) electrons. The van der Waals surface area contributed by atoms with E-state index in [1.54, 1.807) is 18.2 Å². The average Bonchev–Trinajstić information content (AvgIpc) is 2.51. The second kappa shape index (κ2) is 7.75. The van der Waals surface area contributed by atoms with Gasteiger partial charge in [0.15, 0.2) is 0 Å². The number of halogens is 1. The lowest BCUT2D eigenvalue weighted by Crippen LogP contribution is -2.14. The number of benzene rings is 1. The summed E-state index contributed by atoms with van der Waals surface area (Å²) in [5.74, 6) is 0.290. The van der Waals surface area contributed by atoms with Crippen LogP contribution < -0.4 is 10.6 Å². The number of rotatable bonds is 6. The number of hydrogen-bond acceptors (Lipinski definition) is 4. The van der Waals surface area contributed by atoms with E-state index in [1.807, 2.05) is 6.92 Å². The van der Waals surface area contributed by atoms with Gasteiger partial charge in [-0.1, -0.05) is 24.9 Å². The topological polar surface area (TPSA) is 66.9 Å². The van der Waals surface area contributed by atoms with E-state index < -0.39 is 0 Å². The minimum Gasteiger partial charge on any atom is -0.354 e. The van der Waals surface area contributed by atoms with Gasteiger partial charge in [0.05, 0.1) is 5.56 Å². The van der Waals surface area contributed by atoms with Crippen molar-refractivity contribution in [3.63, 3.8) is 0 Å². The molecule has 5 nitrogen and oxygen atoms in total. The van der Waals surface area contributed by atoms with Crippen molar-refractivity contribution >= 4 is 29.1 Å². The molecule has 2 rings (SSSR count). The smallest absolute Gasteiger partial charge is 0.258 e. The summed E-state index contributed by atoms with van der Waals surface area (Å²) in [6, 6.07) is 5.31. The Bertz CT molecular complexity index is 643. The van der Waals surface area contributed by atoms with Crippen LogP contribution in [0.1, 0.15) is 35.7 Å². The minimum absolute atomic E-state index is 0.245. The molecule has 0 unspecified atom stereocenters. The van der Waals surface area contributed by atoms with Crippen molar-refractivity contribution in [3.8, 4) is 0 Å². The molecule has 2 aromatic rings. The Hall–Kier alpha value is -2.14. The Labute approximate surface area is 135 Å². The van der Waals surface area contributed by atoms with Crippen LogP contribution in [0.25, 0.3) is 0 Å². The molecule has 1 amide bonds. The maximum Gasteiger partial charge on any atom is 0.258 e. The molecule has 0 aliphatic heterocycles. The minimum atomic E-state index is -0.245. The first-order chi connectivity index (χ1) is 10.6. The quantitative estimate of drug-likeness (QED) is 0.793. The standard InChI is InChI=1S/C16H19ClN4O/c1-3-4-7-18-16-19-9-12(10-20-16)15(22)21-14-6-5-13(17)8-11(14)2/h5-6,8-10H,3-4,7H2,1-2H3,(H,21,22)(H,18,19,20). The maximum atomic E-state index is 12.2. The Morgan fingerprint density at radius 3 is 2.64 bits per heavy atom. The lowest BCUT2D eigenvalue weighted by molar-refractivity contribution is 0.102. The molecule has 0 bridgehead atoms. The van der Waals surface area contributed by atoms with E-state index in [9.17, 15) is 4.79 Å². The molecule has 0 saturated carbocycles. The number of amides is 1. The van der Waals surface area contributed by atoms with Gasteiger partial charge in [-0.05, 0) is 37.1 Å². The highest BCUT2D eigenvalue weighted by Gasteiger charge is 2.09. The SMILES string of the molecule is CCCCNc1ncc(C(=O)Nc2ccc(Cl)cc2C)cn1. The molecule has 6 heteroatoms. The van der Waals surface area contributed by atoms with E-state index in [0.717, 1.165) is 30.6 Å². The summed E-state index contributed by atoms with van der Waals surface area (Å²) < 4.78 is 0. The number of unbranched alkanes of at least 4 members (excludes halogenated alkanes) is 1. The second-order valence-corrected chi connectivity index (χ2v) is 5.43. The number of aryl methyl sites for hydroxylation is 1. The third-order valence-corrected chi connectivity index (χ3v) is 3.40. The van der Waals surface area contributed by atoms with Gasteiger partial charge in [0, 0.05) is 29.6 Å². The molecule has 22 heavy (non-hydrogen) atoms. The van der Waals surface area contributed by atoms with Crippen LogP contribution in [0.5, 0.6) is 0 Å². The fraction of sp³-hybridized carbons (Fsp3) is 0.312. The largest absolute Gasteiger partial charge is 0.354 e. The first-order valence-corrected chi connectivity index (χ1v) is 7.61. The summed E-state index contributed by atoms with van der Waals surface area (Å²) in [4.78, 5) is 20.5. The summed E-state index contributed by atoms with van der Waals surface area (Å²) in [6.07, 6.45) is 5.19. The molecular formula is C16H19ClN4O. The summed E-state index contributed by atoms with van der Waals surface area (Å²) >= 11 is 5.90. The first kappa shape index (κ1) is 16.2. The Kier molecular flexibility index (Phi) is 5.72. The summed E-state index contributed by atoms with van der Waals surface area (Å²) in [6.45, 7) is 4.83. The van der Waals surface area contributed by atoms with Gasteiger partial charge in [0.2, 0.25) is 5.95 Å². The van der Waals surface area contributed by atoms with E-state index >= 15 is 0 Å². The van der Waals surface area contributed by atoms with E-state index in [-0.39, 0.29) is 5.91 Å². The molecule has 2 N–H and O–H groups in total. The summed E-state index contributed by atoms with van der Waals surface area (Å²) in [5.41, 5.74) is 2.04. The Balaban J connectivity index is 2.00. The van der Waals surface area contributed by atoms with Crippen molar-refractivity contribution in [2.75, 3.05) is 17.2 Å². The highest BCUT2D eigenvalue weighted by atomic mass is 35.5. The number of carbonyl (C=O) groups excluding carboxylic acids is 1. The highest BCUT2D eigenvalue weighted by Crippen LogP contribution is 2.20. The molecule has 0 aliphatic rings. The first-order valence-electron chi connectivity index (χ1n) is 7.23. The van der Waals surface area contributed by atoms with Gasteiger partial charge in [-0.2, -0.15) is 0 Å². The molecule has 0 atom stereocenters. The monoisotopic (exact) mass is 318 g/mol. The van der Waals surface area contributed by atoms with E-state index in [4.69, 9.17) is 11.6 Å². The van der Waals surface area contributed by atoms with Crippen LogP contribution in [0.2, 0.25) is 5.02 Å². The number of aromatic nitrogens is 2. The van der Waals surface area contributed by atoms with Gasteiger partial charge in [-0.15, -0.1) is 0 Å². The molecule has 116 valence electrons. The van der Waals surface area contributed by atoms with E-state index in [0.29, 0.717) is 16.5 Å². The third kappa shape index (κ3) is 4.43. The highest BCUT2D eigenvalue weighted by molar-refractivity contribution is 6.30. The normalized spacial score (nSPS) is 10.3. The lowest BCUT2D eigenvalue weighted by Gasteiger charge is -2.09. The number of carbonyl (C=O) groups is 1. The molecule has 1 aromatic heterocycles. The molecule has 0 fully saturated rings. The Morgan fingerprint density at radius 2 is 2.00 bits per heavy atom. The van der Waals surface area contributed by atoms with Crippen LogP contribution in [-0.4, -0.2) is 22.4 Å². The number of nitrogens with one attached hydrogen (secondary N) is 2. The number of anilines is 2. The average molecular weight is 319 g/mol. The van der Waals surface area contributed by atoms with Gasteiger partial charge >= 0.3 is 0 Å². The number of hydrogen-bond donors (Lipinski definition) is 2. The molecule has 0 saturated heterocycles. The van der Waals surface area contributed by atoms with Crippen molar-refractivity contribution in [1.29, 1.82) is 0 Å². The number of nitrogens with zero attached hydrogens (tertiary/aromatic N) is 2. The summed E-state index contributed by atoms with van der Waals surface area (Å²) in [7, 11) is 0. The molecular weight excluding hydrogens is 300 g/mol. The zero-order chi connectivity index (χ0) is 15.9. The van der Waals surface area contributed by atoms with Crippen molar-refractivity contribution < 1.29 is 4.79 Å². The summed E-state index contributed by atoms with van der Waals surface area (Å²) in [5, 5.41) is 6.58. The van der Waals surface area contributed by atoms with Gasteiger partial charge in [-0.3, -0.25) is 4.79 Å². The lowest BCUT2D eigenvalue weighted by atomic mass is 10.2. The third-order valence-electron chi connectivity index (χ3n) is 3.16. The van der Waals surface area contributed by atoms with Crippen molar-refractivity contribution in [2.24, 2.45) is 0 Å². The maximum absolute atomic E-state index is 12.2. The molecule has 1 aromatic carbocycles. The van der Waals surface area contributed by atoms with Crippen molar-refractivity contribution in [2.45, 2.75) is 26.7 Å². The van der Waals surface area contributed by atoms with Crippen LogP contribution in [-0.2, 0) is 0 Å². The predicted molar refractivity (Wildman–Crippen MR) is 89.6 cm³/mol. The van der Waals surface area contributed by atoms with Gasteiger partial charge in [-0.25, -0.2) is 9.97 Å². The zero-order valence-electron chi connectivity index (χ0n) is 12.7. The van der Waals surface area contributed by atoms with Crippen molar-refractivity contribution in [1.82, 2.24) is 9.97 Å². The van der Waals surface area contributed by atoms with Gasteiger partial charge in [0.25, 0.3) is 5.91 Å². The van der Waals surface area contributed by atoms with Crippen LogP contribution in [0.15, 0.2) is 30.6 Å². The van der Waals surface area contributed by atoms with E-state index in [1.165, 1.54) is 12.4 Å². The van der Waals surface area contributed by atoms with Crippen LogP contribution in [0.3, 0.4) is 0 Å². The van der Waals surface area contributed by atoms with Gasteiger partial charge < -0.3 is 10.6 Å². The fourth-order valence-electron chi connectivity index (χ4n) is 1.88. The van der Waals surface area contributed by atoms with Crippen molar-refractivity contribution in [3.05, 3.63) is 46.7 Å².